The van der Waals surface area contributed by atoms with Gasteiger partial charge in [0, 0.05) is 105 Å². The Labute approximate surface area is 388 Å². The zero-order chi connectivity index (χ0) is 40.9. The maximum atomic E-state index is 10.5. The van der Waals surface area contributed by atoms with Crippen molar-refractivity contribution in [2.75, 3.05) is 27.4 Å². The Morgan fingerprint density at radius 1 is 0.774 bits per heavy atom. The Morgan fingerprint density at radius 3 is 1.43 bits per heavy atom. The van der Waals surface area contributed by atoms with E-state index in [9.17, 15) is 4.79 Å². The molecule has 1 rings (SSSR count). The molecule has 0 saturated carbocycles. The fraction of sp³-hybridized carbons (Fsp3) is 0.911. The third-order valence-electron chi connectivity index (χ3n) is 7.16. The number of rotatable bonds is 20. The molecule has 0 spiro atoms. The maximum absolute atomic E-state index is 10.5. The van der Waals surface area contributed by atoms with Gasteiger partial charge in [-0.05, 0) is 31.6 Å². The fourth-order valence-corrected chi connectivity index (χ4v) is 4.00. The first kappa shape index (κ1) is 82.4. The van der Waals surface area contributed by atoms with E-state index < -0.39 is 6.23 Å². The SMILES string of the molecule is C.C=CCC.CC.CC.CC.CCCC.CCCCCC(CCCCC)CCCOC.CO.OC1CNC(O)C1.[CH2-]CCCCCC(C)(C)C=O.[Y].[Y]. The summed E-state index contributed by atoms with van der Waals surface area (Å²) in [5, 5.41) is 27.0. The first-order valence-electron chi connectivity index (χ1n) is 21.0. The number of ether oxygens (including phenoxy) is 1. The van der Waals surface area contributed by atoms with Crippen molar-refractivity contribution in [2.45, 2.75) is 232 Å². The number of β-amino-alcohol motifs (C(OH)–C–C–N with tert-alkyl or cyclic N) is 1. The number of aliphatic hydroxyl groups excluding tert-OH is 3. The molecule has 0 aromatic carbocycles. The van der Waals surface area contributed by atoms with Crippen molar-refractivity contribution >= 4 is 6.29 Å². The molecule has 2 unspecified atom stereocenters. The molecule has 1 heterocycles. The number of nitrogens with one attached hydrogen (secondary N) is 1. The number of allylic oxidation sites excluding steroid dienone is 1. The van der Waals surface area contributed by atoms with Gasteiger partial charge < -0.3 is 31.8 Å². The summed E-state index contributed by atoms with van der Waals surface area (Å²) in [6, 6.07) is 0. The quantitative estimate of drug-likeness (QED) is 0.0420. The van der Waals surface area contributed by atoms with Crippen LogP contribution in [0.25, 0.3) is 0 Å². The number of aldehydes is 1. The van der Waals surface area contributed by atoms with Crippen molar-refractivity contribution in [1.82, 2.24) is 5.32 Å². The molecule has 1 aliphatic rings. The number of aliphatic hydroxyl groups is 3. The summed E-state index contributed by atoms with van der Waals surface area (Å²) in [4.78, 5) is 10.5. The maximum Gasteiger partial charge on any atom is 0.125 e. The van der Waals surface area contributed by atoms with Crippen molar-refractivity contribution < 1.29 is 90.3 Å². The van der Waals surface area contributed by atoms with Crippen molar-refractivity contribution in [2.24, 2.45) is 11.3 Å². The molecule has 0 aromatic heterocycles. The normalized spacial score (nSPS) is 12.8. The van der Waals surface area contributed by atoms with E-state index in [1.165, 1.54) is 89.9 Å². The van der Waals surface area contributed by atoms with E-state index in [1.807, 2.05) is 68.6 Å². The average molecular weight is 917 g/mol. The molecule has 0 amide bonds. The van der Waals surface area contributed by atoms with Crippen molar-refractivity contribution in [3.63, 3.8) is 0 Å². The second kappa shape index (κ2) is 85.6. The van der Waals surface area contributed by atoms with E-state index in [-0.39, 0.29) is 84.4 Å². The molecular weight excluding hydrogens is 812 g/mol. The summed E-state index contributed by atoms with van der Waals surface area (Å²) in [5.41, 5.74) is -0.110. The topological polar surface area (TPSA) is 99.0 Å². The standard InChI is InChI=1S/C15H32O.C10H19O.C4H9NO2.C4H10.C4H8.3C2H6.CH4O.CH4.2Y/c1-4-6-8-11-15(12-9-7-5-2)13-10-14-16-3;1-4-5-6-7-8-10(2,3)9-11;6-3-1-4(7)5-2-3;2*1-3-4-2;4*1-2;;;/h15H,4-14H2,1-3H3;9H,1,4-8H2,2-3H3;3-7H,1-2H2;3-4H2,1-2H3;3H,1,4H2,2H3;3*1-2H3;2H,1H3;1H4;;/q;-1;;;;;;;;;;. The van der Waals surface area contributed by atoms with E-state index in [0.29, 0.717) is 13.0 Å². The molecule has 326 valence electrons. The van der Waals surface area contributed by atoms with Crippen molar-refractivity contribution in [1.29, 1.82) is 0 Å². The zero-order valence-corrected chi connectivity index (χ0v) is 44.1. The molecule has 8 heteroatoms. The predicted molar refractivity (Wildman–Crippen MR) is 236 cm³/mol. The molecule has 1 aliphatic heterocycles. The molecule has 53 heavy (non-hydrogen) atoms. The van der Waals surface area contributed by atoms with Crippen LogP contribution in [0.3, 0.4) is 0 Å². The van der Waals surface area contributed by atoms with Gasteiger partial charge in [0.2, 0.25) is 0 Å². The van der Waals surface area contributed by atoms with E-state index in [1.54, 1.807) is 0 Å². The third kappa shape index (κ3) is 101. The number of hydrogen-bond donors (Lipinski definition) is 4. The Morgan fingerprint density at radius 2 is 1.19 bits per heavy atom. The van der Waals surface area contributed by atoms with E-state index in [4.69, 9.17) is 20.1 Å². The van der Waals surface area contributed by atoms with Crippen LogP contribution in [-0.2, 0) is 74.9 Å². The Bertz CT molecular complexity index is 481. The summed E-state index contributed by atoms with van der Waals surface area (Å²) in [6.45, 7) is 35.7. The second-order valence-electron chi connectivity index (χ2n) is 12.3. The molecular formula is C45H104NO5Y2-. The molecule has 0 bridgehead atoms. The van der Waals surface area contributed by atoms with Gasteiger partial charge in [0.1, 0.15) is 12.5 Å². The smallest absolute Gasteiger partial charge is 0.125 e. The van der Waals surface area contributed by atoms with Gasteiger partial charge in [-0.3, -0.25) is 5.32 Å². The number of hydrogen-bond acceptors (Lipinski definition) is 6. The molecule has 0 aliphatic carbocycles. The van der Waals surface area contributed by atoms with Crippen LogP contribution in [0.1, 0.15) is 219 Å². The first-order valence-corrected chi connectivity index (χ1v) is 21.0. The van der Waals surface area contributed by atoms with Gasteiger partial charge in [0.25, 0.3) is 0 Å². The van der Waals surface area contributed by atoms with Crippen LogP contribution in [-0.4, -0.2) is 61.3 Å². The van der Waals surface area contributed by atoms with E-state index in [0.717, 1.165) is 51.6 Å². The largest absolute Gasteiger partial charge is 0.400 e. The summed E-state index contributed by atoms with van der Waals surface area (Å²) in [5.74, 6) is 0.966. The molecule has 2 atom stereocenters. The zero-order valence-electron chi connectivity index (χ0n) is 38.5. The minimum Gasteiger partial charge on any atom is -0.400 e. The van der Waals surface area contributed by atoms with Crippen LogP contribution in [0.15, 0.2) is 12.7 Å². The van der Waals surface area contributed by atoms with E-state index in [2.05, 4.69) is 53.4 Å². The molecule has 1 fully saturated rings. The van der Waals surface area contributed by atoms with Gasteiger partial charge in [0.15, 0.2) is 0 Å². The minimum atomic E-state index is -0.477. The fourth-order valence-electron chi connectivity index (χ4n) is 4.00. The van der Waals surface area contributed by atoms with Crippen LogP contribution >= 0.6 is 0 Å². The van der Waals surface area contributed by atoms with Crippen LogP contribution in [0.2, 0.25) is 0 Å². The molecule has 1 saturated heterocycles. The van der Waals surface area contributed by atoms with Gasteiger partial charge in [-0.1, -0.05) is 187 Å². The Kier molecular flexibility index (Phi) is 133. The van der Waals surface area contributed by atoms with Crippen LogP contribution < -0.4 is 5.32 Å². The molecule has 2 radical (unpaired) electrons. The van der Waals surface area contributed by atoms with Crippen LogP contribution in [0.5, 0.6) is 0 Å². The predicted octanol–water partition coefficient (Wildman–Crippen LogP) is 13.6. The van der Waals surface area contributed by atoms with Crippen molar-refractivity contribution in [3.05, 3.63) is 19.6 Å². The summed E-state index contributed by atoms with van der Waals surface area (Å²) < 4.78 is 5.14. The van der Waals surface area contributed by atoms with Gasteiger partial charge in [-0.2, -0.15) is 6.42 Å². The molecule has 6 nitrogen and oxygen atoms in total. The minimum absolute atomic E-state index is 0. The summed E-state index contributed by atoms with van der Waals surface area (Å²) >= 11 is 0. The van der Waals surface area contributed by atoms with Crippen LogP contribution in [0, 0.1) is 18.3 Å². The molecule has 0 aromatic rings. The monoisotopic (exact) mass is 917 g/mol. The molecule has 4 N–H and O–H groups in total. The number of carbonyl (C=O) groups is 1. The van der Waals surface area contributed by atoms with Crippen molar-refractivity contribution in [3.8, 4) is 0 Å². The summed E-state index contributed by atoms with van der Waals surface area (Å²) in [6.07, 6.45) is 25.8. The Balaban J connectivity index is -0.0000000465. The van der Waals surface area contributed by atoms with Crippen LogP contribution in [0.4, 0.5) is 0 Å². The van der Waals surface area contributed by atoms with Gasteiger partial charge in [0.05, 0.1) is 6.10 Å². The van der Waals surface area contributed by atoms with Gasteiger partial charge in [-0.15, -0.1) is 6.58 Å². The summed E-state index contributed by atoms with van der Waals surface area (Å²) in [7, 11) is 2.81. The number of methoxy groups -OCH3 is 1. The third-order valence-corrected chi connectivity index (χ3v) is 7.16. The number of carbonyl (C=O) groups excluding carboxylic acids is 1. The number of unbranched alkanes of at least 4 members (excludes halogenated alkanes) is 8. The average Bonchev–Trinajstić information content (AvgIpc) is 3.56. The Hall–Kier alpha value is 1.42. The van der Waals surface area contributed by atoms with E-state index >= 15 is 0 Å². The van der Waals surface area contributed by atoms with Gasteiger partial charge in [-0.25, -0.2) is 0 Å². The second-order valence-corrected chi connectivity index (χ2v) is 12.3. The first-order chi connectivity index (χ1) is 24.1. The van der Waals surface area contributed by atoms with Gasteiger partial charge >= 0.3 is 0 Å².